The third-order valence-electron chi connectivity index (χ3n) is 4.34. The van der Waals surface area contributed by atoms with E-state index < -0.39 is 0 Å². The maximum absolute atomic E-state index is 12.7. The number of ketones is 1. The van der Waals surface area contributed by atoms with Crippen molar-refractivity contribution in [2.24, 2.45) is 11.8 Å². The van der Waals surface area contributed by atoms with E-state index in [0.717, 1.165) is 5.56 Å². The van der Waals surface area contributed by atoms with E-state index >= 15 is 0 Å². The highest BCUT2D eigenvalue weighted by Gasteiger charge is 2.55. The fourth-order valence-corrected chi connectivity index (χ4v) is 3.19. The van der Waals surface area contributed by atoms with E-state index in [9.17, 15) is 9.59 Å². The van der Waals surface area contributed by atoms with Crippen LogP contribution in [0.1, 0.15) is 28.3 Å². The van der Waals surface area contributed by atoms with Crippen LogP contribution in [0.5, 0.6) is 0 Å². The van der Waals surface area contributed by atoms with Gasteiger partial charge in [0.2, 0.25) is 0 Å². The maximum Gasteiger partial charge on any atom is 0.305 e. The third-order valence-corrected chi connectivity index (χ3v) is 4.34. The summed E-state index contributed by atoms with van der Waals surface area (Å²) in [6, 6.07) is 19.2. The van der Waals surface area contributed by atoms with Gasteiger partial charge >= 0.3 is 5.97 Å². The topological polar surface area (TPSA) is 43.4 Å². The number of esters is 1. The summed E-state index contributed by atoms with van der Waals surface area (Å²) in [5.41, 5.74) is 1.83. The Hall–Kier alpha value is -2.42. The zero-order valence-corrected chi connectivity index (χ0v) is 12.4. The molecule has 0 unspecified atom stereocenters. The van der Waals surface area contributed by atoms with Crippen molar-refractivity contribution in [2.45, 2.75) is 12.3 Å². The summed E-state index contributed by atoms with van der Waals surface area (Å²) in [7, 11) is 1.39. The molecule has 1 fully saturated rings. The van der Waals surface area contributed by atoms with Crippen molar-refractivity contribution in [3.63, 3.8) is 0 Å². The monoisotopic (exact) mass is 294 g/mol. The van der Waals surface area contributed by atoms with Gasteiger partial charge in [-0.15, -0.1) is 0 Å². The number of benzene rings is 2. The molecule has 22 heavy (non-hydrogen) atoms. The molecule has 0 heterocycles. The maximum atomic E-state index is 12.7. The number of rotatable bonds is 5. The van der Waals surface area contributed by atoms with Crippen LogP contribution in [0.3, 0.4) is 0 Å². The first-order valence-corrected chi connectivity index (χ1v) is 7.43. The zero-order valence-electron chi connectivity index (χ0n) is 12.4. The van der Waals surface area contributed by atoms with E-state index in [4.69, 9.17) is 4.74 Å². The van der Waals surface area contributed by atoms with Gasteiger partial charge in [0, 0.05) is 17.9 Å². The minimum Gasteiger partial charge on any atom is -0.469 e. The van der Waals surface area contributed by atoms with Crippen molar-refractivity contribution in [3.05, 3.63) is 71.8 Å². The van der Waals surface area contributed by atoms with E-state index in [0.29, 0.717) is 12.0 Å². The number of ether oxygens (including phenoxy) is 1. The Morgan fingerprint density at radius 2 is 1.55 bits per heavy atom. The summed E-state index contributed by atoms with van der Waals surface area (Å²) < 4.78 is 4.77. The average Bonchev–Trinajstić information content (AvgIpc) is 3.29. The lowest BCUT2D eigenvalue weighted by molar-refractivity contribution is -0.141. The summed E-state index contributed by atoms with van der Waals surface area (Å²) in [6.45, 7) is 0. The van der Waals surface area contributed by atoms with Crippen molar-refractivity contribution in [1.82, 2.24) is 0 Å². The van der Waals surface area contributed by atoms with E-state index in [2.05, 4.69) is 0 Å². The van der Waals surface area contributed by atoms with Crippen LogP contribution >= 0.6 is 0 Å². The lowest BCUT2D eigenvalue weighted by Gasteiger charge is -2.00. The molecule has 0 radical (unpaired) electrons. The summed E-state index contributed by atoms with van der Waals surface area (Å²) in [5.74, 6) is -0.142. The van der Waals surface area contributed by atoms with Gasteiger partial charge in [-0.2, -0.15) is 0 Å². The summed E-state index contributed by atoms with van der Waals surface area (Å²) in [4.78, 5) is 24.3. The summed E-state index contributed by atoms with van der Waals surface area (Å²) >= 11 is 0. The van der Waals surface area contributed by atoms with Gasteiger partial charge in [0.15, 0.2) is 5.78 Å². The highest BCUT2D eigenvalue weighted by atomic mass is 16.5. The van der Waals surface area contributed by atoms with Gasteiger partial charge in [-0.3, -0.25) is 9.59 Å². The number of hydrogen-bond acceptors (Lipinski definition) is 3. The van der Waals surface area contributed by atoms with Crippen molar-refractivity contribution in [2.75, 3.05) is 7.11 Å². The third kappa shape index (κ3) is 2.80. The highest BCUT2D eigenvalue weighted by molar-refractivity contribution is 6.01. The quantitative estimate of drug-likeness (QED) is 0.626. The van der Waals surface area contributed by atoms with E-state index in [1.165, 1.54) is 7.11 Å². The van der Waals surface area contributed by atoms with Gasteiger partial charge in [0.25, 0.3) is 0 Å². The van der Waals surface area contributed by atoms with Gasteiger partial charge < -0.3 is 4.74 Å². The minimum absolute atomic E-state index is 0.0301. The molecule has 112 valence electrons. The molecule has 0 N–H and O–H groups in total. The highest BCUT2D eigenvalue weighted by Crippen LogP contribution is 2.57. The molecule has 2 aromatic rings. The molecule has 1 saturated carbocycles. The Kier molecular flexibility index (Phi) is 4.05. The summed E-state index contributed by atoms with van der Waals surface area (Å²) in [5, 5.41) is 0. The average molecular weight is 294 g/mol. The number of hydrogen-bond donors (Lipinski definition) is 0. The minimum atomic E-state index is -0.255. The van der Waals surface area contributed by atoms with Crippen LogP contribution < -0.4 is 0 Å². The molecule has 0 spiro atoms. The number of Topliss-reactive ketones (excluding diaryl/α,β-unsaturated/α-hetero) is 1. The van der Waals surface area contributed by atoms with Crippen LogP contribution in [-0.4, -0.2) is 18.9 Å². The molecule has 3 atom stereocenters. The van der Waals surface area contributed by atoms with Gasteiger partial charge in [0.05, 0.1) is 7.11 Å². The fraction of sp³-hybridized carbons (Fsp3) is 0.263. The first kappa shape index (κ1) is 14.5. The van der Waals surface area contributed by atoms with Crippen LogP contribution in [0.2, 0.25) is 0 Å². The molecule has 3 nitrogen and oxygen atoms in total. The predicted octanol–water partition coefficient (Wildman–Crippen LogP) is 3.46. The predicted molar refractivity (Wildman–Crippen MR) is 83.6 cm³/mol. The number of methoxy groups -OCH3 is 1. The standard InChI is InChI=1S/C19H18O3/c1-22-16(20)12-15-17(13-8-4-2-5-9-13)18(15)19(21)14-10-6-3-7-11-14/h2-11,15,17-18H,12H2,1H3/t15-,17+,18+/m0/s1. The molecule has 3 heteroatoms. The smallest absolute Gasteiger partial charge is 0.305 e. The normalized spacial score (nSPS) is 22.9. The van der Waals surface area contributed by atoms with E-state index in [1.54, 1.807) is 0 Å². The van der Waals surface area contributed by atoms with Crippen LogP contribution in [0, 0.1) is 11.8 Å². The second kappa shape index (κ2) is 6.14. The van der Waals surface area contributed by atoms with Gasteiger partial charge in [-0.05, 0) is 17.4 Å². The Morgan fingerprint density at radius 3 is 2.14 bits per heavy atom. The molecule has 1 aliphatic rings. The van der Waals surface area contributed by atoms with Gasteiger partial charge in [0.1, 0.15) is 0 Å². The van der Waals surface area contributed by atoms with Crippen LogP contribution in [0.15, 0.2) is 60.7 Å². The Bertz CT molecular complexity index is 664. The van der Waals surface area contributed by atoms with E-state index in [1.807, 2.05) is 60.7 Å². The van der Waals surface area contributed by atoms with Crippen molar-refractivity contribution in [1.29, 1.82) is 0 Å². The molecule has 0 aliphatic heterocycles. The second-order valence-electron chi connectivity index (χ2n) is 5.64. The second-order valence-corrected chi connectivity index (χ2v) is 5.64. The number of carbonyl (C=O) groups excluding carboxylic acids is 2. The molecule has 0 amide bonds. The van der Waals surface area contributed by atoms with Crippen molar-refractivity contribution in [3.8, 4) is 0 Å². The summed E-state index contributed by atoms with van der Waals surface area (Å²) in [6.07, 6.45) is 0.291. The molecule has 1 aliphatic carbocycles. The molecule has 0 saturated heterocycles. The van der Waals surface area contributed by atoms with Crippen LogP contribution in [-0.2, 0) is 9.53 Å². The molecule has 0 aromatic heterocycles. The molecule has 0 bridgehead atoms. The Balaban J connectivity index is 1.84. The zero-order chi connectivity index (χ0) is 15.5. The Labute approximate surface area is 129 Å². The Morgan fingerprint density at radius 1 is 0.955 bits per heavy atom. The lowest BCUT2D eigenvalue weighted by Crippen LogP contribution is -2.07. The molecular weight excluding hydrogens is 276 g/mol. The number of carbonyl (C=O) groups is 2. The van der Waals surface area contributed by atoms with Crippen molar-refractivity contribution < 1.29 is 14.3 Å². The molecular formula is C19H18O3. The fourth-order valence-electron chi connectivity index (χ4n) is 3.19. The SMILES string of the molecule is COC(=O)C[C@@H]1[C@@H](C(=O)c2ccccc2)[C@@H]1c1ccccc1. The van der Waals surface area contributed by atoms with Crippen LogP contribution in [0.25, 0.3) is 0 Å². The van der Waals surface area contributed by atoms with Crippen LogP contribution in [0.4, 0.5) is 0 Å². The first-order chi connectivity index (χ1) is 10.7. The van der Waals surface area contributed by atoms with E-state index in [-0.39, 0.29) is 29.5 Å². The first-order valence-electron chi connectivity index (χ1n) is 7.43. The van der Waals surface area contributed by atoms with Gasteiger partial charge in [-0.25, -0.2) is 0 Å². The van der Waals surface area contributed by atoms with Gasteiger partial charge in [-0.1, -0.05) is 60.7 Å². The largest absolute Gasteiger partial charge is 0.469 e. The lowest BCUT2D eigenvalue weighted by atomic mass is 10.0. The molecule has 3 rings (SSSR count). The van der Waals surface area contributed by atoms with Crippen molar-refractivity contribution >= 4 is 11.8 Å². The molecule has 2 aromatic carbocycles.